The molecule has 4 nitrogen and oxygen atoms in total. The number of hydrogen-bond donors (Lipinski definition) is 2. The third-order valence-corrected chi connectivity index (χ3v) is 5.94. The van der Waals surface area contributed by atoms with Crippen LogP contribution in [0.2, 0.25) is 0 Å². The Labute approximate surface area is 179 Å². The highest BCUT2D eigenvalue weighted by atomic mass is 16.5. The summed E-state index contributed by atoms with van der Waals surface area (Å²) in [5, 5.41) is 7.39. The van der Waals surface area contributed by atoms with Gasteiger partial charge in [0.15, 0.2) is 0 Å². The van der Waals surface area contributed by atoms with Gasteiger partial charge < -0.3 is 15.4 Å². The predicted octanol–water partition coefficient (Wildman–Crippen LogP) is 5.55. The molecule has 0 radical (unpaired) electrons. The number of aliphatic imine (C=N–C) groups is 1. The summed E-state index contributed by atoms with van der Waals surface area (Å²) >= 11 is 0. The maximum atomic E-state index is 5.66. The molecule has 0 amide bonds. The highest BCUT2D eigenvalue weighted by molar-refractivity contribution is 6.09. The molecule has 2 heterocycles. The van der Waals surface area contributed by atoms with Gasteiger partial charge in [-0.15, -0.1) is 0 Å². The fraction of sp³-hybridized carbons (Fsp3) is 0.269. The summed E-state index contributed by atoms with van der Waals surface area (Å²) in [7, 11) is 0. The van der Waals surface area contributed by atoms with E-state index in [2.05, 4.69) is 66.3 Å². The van der Waals surface area contributed by atoms with Gasteiger partial charge in [0.25, 0.3) is 0 Å². The number of anilines is 2. The Hall–Kier alpha value is -3.11. The average Bonchev–Trinajstić information content (AvgIpc) is 2.80. The van der Waals surface area contributed by atoms with E-state index in [9.17, 15) is 0 Å². The normalized spacial score (nSPS) is 20.0. The van der Waals surface area contributed by atoms with Crippen molar-refractivity contribution in [3.05, 3.63) is 97.1 Å². The standard InChI is InChI=1S/C26H29N3O/c1-3-10-20(4-2)22(21-11-6-5-7-12-21)19-27-25-26(15-17-30-18-16-26)29-24-14-9-8-13-23(24)28-25/h3-14,22,29H,1-2,15-19H2,(H,27,28)/b20-10+. The minimum absolute atomic E-state index is 0.116. The van der Waals surface area contributed by atoms with Gasteiger partial charge >= 0.3 is 0 Å². The summed E-state index contributed by atoms with van der Waals surface area (Å²) in [5.41, 5.74) is 4.31. The summed E-state index contributed by atoms with van der Waals surface area (Å²) in [5.74, 6) is 1.11. The topological polar surface area (TPSA) is 45.7 Å². The van der Waals surface area contributed by atoms with Crippen LogP contribution in [0.15, 0.2) is 96.5 Å². The van der Waals surface area contributed by atoms with E-state index in [1.54, 1.807) is 0 Å². The van der Waals surface area contributed by atoms with Crippen LogP contribution in [0.4, 0.5) is 11.4 Å². The van der Waals surface area contributed by atoms with Crippen molar-refractivity contribution in [2.75, 3.05) is 30.4 Å². The van der Waals surface area contributed by atoms with E-state index >= 15 is 0 Å². The van der Waals surface area contributed by atoms with Crippen molar-refractivity contribution >= 4 is 17.2 Å². The minimum atomic E-state index is -0.218. The summed E-state index contributed by atoms with van der Waals surface area (Å²) < 4.78 is 5.66. The Kier molecular flexibility index (Phi) is 6.15. The van der Waals surface area contributed by atoms with Gasteiger partial charge in [-0.3, -0.25) is 4.99 Å². The summed E-state index contributed by atoms with van der Waals surface area (Å²) in [4.78, 5) is 5.15. The van der Waals surface area contributed by atoms with Crippen molar-refractivity contribution in [1.29, 1.82) is 0 Å². The molecule has 0 bridgehead atoms. The Bertz CT molecular complexity index is 955. The fourth-order valence-corrected chi connectivity index (χ4v) is 4.27. The molecule has 2 aromatic carbocycles. The molecule has 154 valence electrons. The van der Waals surface area contributed by atoms with Crippen LogP contribution < -0.4 is 10.6 Å². The Morgan fingerprint density at radius 2 is 1.73 bits per heavy atom. The van der Waals surface area contributed by atoms with Crippen molar-refractivity contribution in [1.82, 2.24) is 0 Å². The van der Waals surface area contributed by atoms with Gasteiger partial charge in [-0.2, -0.15) is 0 Å². The number of nitrogens with zero attached hydrogens (tertiary/aromatic N) is 1. The lowest BCUT2D eigenvalue weighted by atomic mass is 9.85. The van der Waals surface area contributed by atoms with Gasteiger partial charge in [-0.25, -0.2) is 0 Å². The molecule has 4 rings (SSSR count). The smallest absolute Gasteiger partial charge is 0.127 e. The summed E-state index contributed by atoms with van der Waals surface area (Å²) in [6.07, 6.45) is 7.53. The van der Waals surface area contributed by atoms with Crippen molar-refractivity contribution < 1.29 is 4.74 Å². The molecular weight excluding hydrogens is 370 g/mol. The van der Waals surface area contributed by atoms with Gasteiger partial charge in [0.1, 0.15) is 5.84 Å². The predicted molar refractivity (Wildman–Crippen MR) is 126 cm³/mol. The first kappa shape index (κ1) is 20.2. The highest BCUT2D eigenvalue weighted by Gasteiger charge is 2.41. The van der Waals surface area contributed by atoms with Crippen molar-refractivity contribution in [2.45, 2.75) is 24.3 Å². The molecule has 2 N–H and O–H groups in total. The van der Waals surface area contributed by atoms with Crippen LogP contribution in [0.1, 0.15) is 24.3 Å². The van der Waals surface area contributed by atoms with E-state index in [1.807, 2.05) is 30.4 Å². The maximum absolute atomic E-state index is 5.66. The van der Waals surface area contributed by atoms with Gasteiger partial charge in [0, 0.05) is 32.0 Å². The van der Waals surface area contributed by atoms with Crippen molar-refractivity contribution in [2.24, 2.45) is 4.99 Å². The maximum Gasteiger partial charge on any atom is 0.127 e. The Morgan fingerprint density at radius 1 is 1.03 bits per heavy atom. The second kappa shape index (κ2) is 9.14. The number of benzene rings is 2. The molecule has 30 heavy (non-hydrogen) atoms. The lowest BCUT2D eigenvalue weighted by molar-refractivity contribution is 0.0778. The third kappa shape index (κ3) is 4.10. The number of allylic oxidation sites excluding steroid dienone is 3. The van der Waals surface area contributed by atoms with Crippen LogP contribution in [0, 0.1) is 0 Å². The molecule has 1 saturated heterocycles. The zero-order valence-electron chi connectivity index (χ0n) is 17.3. The zero-order chi connectivity index (χ0) is 20.8. The van der Waals surface area contributed by atoms with E-state index in [0.717, 1.165) is 48.8 Å². The molecule has 0 aromatic heterocycles. The van der Waals surface area contributed by atoms with Crippen molar-refractivity contribution in [3.8, 4) is 0 Å². The quantitative estimate of drug-likeness (QED) is 0.626. The molecule has 1 atom stereocenters. The largest absolute Gasteiger partial charge is 0.381 e. The zero-order valence-corrected chi connectivity index (χ0v) is 17.3. The SMILES string of the molecule is C=C/C=C(\C=C)C(CN=C1Nc2ccccc2NC12CCOCC2)c1ccccc1. The lowest BCUT2D eigenvalue weighted by Gasteiger charge is -2.43. The number of para-hydroxylation sites is 2. The van der Waals surface area contributed by atoms with Gasteiger partial charge in [-0.1, -0.05) is 73.9 Å². The first-order valence-corrected chi connectivity index (χ1v) is 10.5. The molecule has 1 fully saturated rings. The minimum Gasteiger partial charge on any atom is -0.381 e. The molecule has 4 heteroatoms. The first-order valence-electron chi connectivity index (χ1n) is 10.5. The van der Waals surface area contributed by atoms with Crippen molar-refractivity contribution in [3.63, 3.8) is 0 Å². The van der Waals surface area contributed by atoms with Crippen LogP contribution >= 0.6 is 0 Å². The van der Waals surface area contributed by atoms with Gasteiger partial charge in [0.05, 0.1) is 23.5 Å². The van der Waals surface area contributed by atoms with Gasteiger partial charge in [-0.05, 0) is 23.3 Å². The fourth-order valence-electron chi connectivity index (χ4n) is 4.27. The van der Waals surface area contributed by atoms with E-state index in [4.69, 9.17) is 9.73 Å². The number of rotatable bonds is 6. The number of hydrogen-bond acceptors (Lipinski definition) is 3. The summed E-state index contributed by atoms with van der Waals surface area (Å²) in [6, 6.07) is 18.8. The Morgan fingerprint density at radius 3 is 2.43 bits per heavy atom. The highest BCUT2D eigenvalue weighted by Crippen LogP contribution is 2.37. The second-order valence-corrected chi connectivity index (χ2v) is 7.75. The van der Waals surface area contributed by atoms with E-state index in [0.29, 0.717) is 6.54 Å². The van der Waals surface area contributed by atoms with Gasteiger partial charge in [0.2, 0.25) is 0 Å². The molecule has 2 aliphatic heterocycles. The molecule has 1 spiro atoms. The van der Waals surface area contributed by atoms with E-state index < -0.39 is 0 Å². The number of nitrogens with one attached hydrogen (secondary N) is 2. The molecule has 2 aromatic rings. The van der Waals surface area contributed by atoms with Crippen LogP contribution in [0.5, 0.6) is 0 Å². The van der Waals surface area contributed by atoms with E-state index in [1.165, 1.54) is 5.56 Å². The molecule has 2 aliphatic rings. The number of fused-ring (bicyclic) bond motifs is 1. The number of ether oxygens (including phenoxy) is 1. The molecule has 1 unspecified atom stereocenters. The first-order chi connectivity index (χ1) is 14.8. The van der Waals surface area contributed by atoms with Crippen LogP contribution in [-0.2, 0) is 4.74 Å². The van der Waals surface area contributed by atoms with Crippen LogP contribution in [-0.4, -0.2) is 31.1 Å². The monoisotopic (exact) mass is 399 g/mol. The molecule has 0 saturated carbocycles. The molecular formula is C26H29N3O. The molecule has 0 aliphatic carbocycles. The van der Waals surface area contributed by atoms with Crippen LogP contribution in [0.25, 0.3) is 0 Å². The third-order valence-electron chi connectivity index (χ3n) is 5.94. The van der Waals surface area contributed by atoms with Crippen LogP contribution in [0.3, 0.4) is 0 Å². The number of amidine groups is 1. The summed E-state index contributed by atoms with van der Waals surface area (Å²) in [6.45, 7) is 9.98. The Balaban J connectivity index is 1.70. The second-order valence-electron chi connectivity index (χ2n) is 7.75. The average molecular weight is 400 g/mol. The lowest BCUT2D eigenvalue weighted by Crippen LogP contribution is -2.55. The van der Waals surface area contributed by atoms with E-state index in [-0.39, 0.29) is 11.5 Å².